The van der Waals surface area contributed by atoms with E-state index in [4.69, 9.17) is 4.74 Å². The second kappa shape index (κ2) is 9.14. The van der Waals surface area contributed by atoms with Crippen LogP contribution in [0.25, 0.3) is 11.0 Å². The molecule has 1 unspecified atom stereocenters. The first-order valence-corrected chi connectivity index (χ1v) is 8.06. The molecule has 0 spiro atoms. The third-order valence-electron chi connectivity index (χ3n) is 3.56. The van der Waals surface area contributed by atoms with Crippen LogP contribution < -0.4 is 4.90 Å². The summed E-state index contributed by atoms with van der Waals surface area (Å²) in [5, 5.41) is 9.58. The molecule has 0 radical (unpaired) electrons. The number of aromatic nitrogens is 2. The predicted molar refractivity (Wildman–Crippen MR) is 102 cm³/mol. The van der Waals surface area contributed by atoms with Gasteiger partial charge in [-0.1, -0.05) is 36.9 Å². The number of benzene rings is 1. The molecule has 1 heterocycles. The van der Waals surface area contributed by atoms with E-state index in [1.54, 1.807) is 18.2 Å². The number of anilines is 1. The second-order valence-corrected chi connectivity index (χ2v) is 5.38. The Kier molecular flexibility index (Phi) is 6.63. The molecule has 0 fully saturated rings. The zero-order chi connectivity index (χ0) is 18.9. The van der Waals surface area contributed by atoms with Crippen LogP contribution in [-0.4, -0.2) is 35.6 Å². The molecule has 2 rings (SSSR count). The van der Waals surface area contributed by atoms with Gasteiger partial charge < -0.3 is 9.64 Å². The Hall–Kier alpha value is -3.46. The summed E-state index contributed by atoms with van der Waals surface area (Å²) in [7, 11) is 0. The summed E-state index contributed by atoms with van der Waals surface area (Å²) in [6.07, 6.45) is 4.87. The number of para-hydroxylation sites is 2. The number of fused-ring (bicyclic) bond motifs is 1. The molecule has 1 atom stereocenters. The van der Waals surface area contributed by atoms with Crippen molar-refractivity contribution in [1.82, 2.24) is 9.97 Å². The molecule has 0 saturated heterocycles. The summed E-state index contributed by atoms with van der Waals surface area (Å²) < 4.78 is 5.06. The van der Waals surface area contributed by atoms with Crippen LogP contribution in [0.5, 0.6) is 0 Å². The van der Waals surface area contributed by atoms with Gasteiger partial charge in [-0.15, -0.1) is 13.2 Å². The lowest BCUT2D eigenvalue weighted by Crippen LogP contribution is -2.28. The van der Waals surface area contributed by atoms with Gasteiger partial charge in [0.05, 0.1) is 17.1 Å². The van der Waals surface area contributed by atoms with E-state index >= 15 is 0 Å². The van der Waals surface area contributed by atoms with Gasteiger partial charge in [0.1, 0.15) is 12.3 Å². The van der Waals surface area contributed by atoms with Gasteiger partial charge in [-0.2, -0.15) is 5.26 Å². The van der Waals surface area contributed by atoms with Crippen molar-refractivity contribution in [3.63, 3.8) is 0 Å². The fraction of sp³-hybridized carbons (Fsp3) is 0.200. The Bertz CT molecular complexity index is 860. The van der Waals surface area contributed by atoms with Crippen molar-refractivity contribution in [3.8, 4) is 6.07 Å². The van der Waals surface area contributed by atoms with Gasteiger partial charge in [-0.25, -0.2) is 9.97 Å². The van der Waals surface area contributed by atoms with Crippen LogP contribution >= 0.6 is 0 Å². The van der Waals surface area contributed by atoms with Gasteiger partial charge >= 0.3 is 5.97 Å². The molecule has 0 aliphatic carbocycles. The number of rotatable bonds is 9. The molecule has 0 aliphatic heterocycles. The average Bonchev–Trinajstić information content (AvgIpc) is 2.66. The van der Waals surface area contributed by atoms with Crippen molar-refractivity contribution < 1.29 is 9.53 Å². The van der Waals surface area contributed by atoms with Crippen LogP contribution in [0.1, 0.15) is 11.6 Å². The summed E-state index contributed by atoms with van der Waals surface area (Å²) in [4.78, 5) is 23.4. The van der Waals surface area contributed by atoms with Crippen molar-refractivity contribution in [1.29, 1.82) is 5.26 Å². The van der Waals surface area contributed by atoms with Crippen LogP contribution in [0.4, 0.5) is 5.82 Å². The highest BCUT2D eigenvalue weighted by atomic mass is 16.5. The van der Waals surface area contributed by atoms with Crippen molar-refractivity contribution >= 4 is 22.8 Å². The Morgan fingerprint density at radius 3 is 2.31 bits per heavy atom. The molecule has 132 valence electrons. The van der Waals surface area contributed by atoms with Crippen molar-refractivity contribution in [3.05, 3.63) is 67.9 Å². The fourth-order valence-electron chi connectivity index (χ4n) is 2.44. The van der Waals surface area contributed by atoms with Crippen LogP contribution in [-0.2, 0) is 9.53 Å². The van der Waals surface area contributed by atoms with Crippen LogP contribution in [0.15, 0.2) is 62.2 Å². The lowest BCUT2D eigenvalue weighted by atomic mass is 10.1. The van der Waals surface area contributed by atoms with Gasteiger partial charge in [0.2, 0.25) is 0 Å². The average molecular weight is 348 g/mol. The molecular weight excluding hydrogens is 328 g/mol. The molecule has 1 aromatic heterocycles. The summed E-state index contributed by atoms with van der Waals surface area (Å²) in [5.41, 5.74) is 1.52. The number of esters is 1. The fourth-order valence-corrected chi connectivity index (χ4v) is 2.44. The summed E-state index contributed by atoms with van der Waals surface area (Å²) in [6.45, 7) is 12.0. The quantitative estimate of drug-likeness (QED) is 0.512. The molecule has 6 nitrogen and oxygen atoms in total. The minimum atomic E-state index is -1.20. The van der Waals surface area contributed by atoms with Crippen LogP contribution in [0.2, 0.25) is 0 Å². The van der Waals surface area contributed by atoms with E-state index in [1.165, 1.54) is 6.08 Å². The van der Waals surface area contributed by atoms with Gasteiger partial charge in [0.15, 0.2) is 11.7 Å². The van der Waals surface area contributed by atoms with E-state index in [9.17, 15) is 10.1 Å². The standard InChI is InChI=1S/C20H20N4O2/c1-4-11-24(12-5-2)19-18(15(14-21)20(25)26-13-6-3)22-16-9-7-8-10-17(16)23-19/h4-10,15H,1-3,11-13H2. The first-order valence-electron chi connectivity index (χ1n) is 8.06. The molecule has 1 aromatic carbocycles. The lowest BCUT2D eigenvalue weighted by molar-refractivity contribution is -0.142. The molecule has 6 heteroatoms. The number of nitriles is 1. The van der Waals surface area contributed by atoms with Crippen molar-refractivity contribution in [2.45, 2.75) is 5.92 Å². The molecule has 0 bridgehead atoms. The first kappa shape index (κ1) is 18.9. The van der Waals surface area contributed by atoms with Gasteiger partial charge in [0, 0.05) is 13.1 Å². The molecule has 0 N–H and O–H groups in total. The highest BCUT2D eigenvalue weighted by Crippen LogP contribution is 2.28. The monoisotopic (exact) mass is 348 g/mol. The summed E-state index contributed by atoms with van der Waals surface area (Å²) >= 11 is 0. The van der Waals surface area contributed by atoms with Gasteiger partial charge in [-0.05, 0) is 12.1 Å². The highest BCUT2D eigenvalue weighted by Gasteiger charge is 2.29. The highest BCUT2D eigenvalue weighted by molar-refractivity contribution is 5.85. The van der Waals surface area contributed by atoms with E-state index in [-0.39, 0.29) is 12.3 Å². The van der Waals surface area contributed by atoms with Gasteiger partial charge in [0.25, 0.3) is 0 Å². The van der Waals surface area contributed by atoms with E-state index in [1.807, 2.05) is 29.2 Å². The Labute approximate surface area is 152 Å². The number of carbonyl (C=O) groups is 1. The molecular formula is C20H20N4O2. The number of nitrogens with zero attached hydrogens (tertiary/aromatic N) is 4. The minimum Gasteiger partial charge on any atom is -0.460 e. The maximum Gasteiger partial charge on any atom is 0.330 e. The largest absolute Gasteiger partial charge is 0.460 e. The van der Waals surface area contributed by atoms with E-state index in [0.29, 0.717) is 29.9 Å². The number of hydrogen-bond acceptors (Lipinski definition) is 6. The first-order chi connectivity index (χ1) is 12.7. The molecule has 0 saturated carbocycles. The molecule has 26 heavy (non-hydrogen) atoms. The van der Waals surface area contributed by atoms with Crippen molar-refractivity contribution in [2.75, 3.05) is 24.6 Å². The normalized spacial score (nSPS) is 11.2. The minimum absolute atomic E-state index is 0.0242. The summed E-state index contributed by atoms with van der Waals surface area (Å²) in [6, 6.07) is 9.27. The Morgan fingerprint density at radius 2 is 1.77 bits per heavy atom. The lowest BCUT2D eigenvalue weighted by Gasteiger charge is -2.24. The van der Waals surface area contributed by atoms with E-state index in [0.717, 1.165) is 0 Å². The Balaban J connectivity index is 2.63. The molecule has 0 aliphatic rings. The van der Waals surface area contributed by atoms with Crippen LogP contribution in [0.3, 0.4) is 0 Å². The van der Waals surface area contributed by atoms with E-state index < -0.39 is 11.9 Å². The number of carbonyl (C=O) groups excluding carboxylic acids is 1. The third kappa shape index (κ3) is 4.14. The zero-order valence-electron chi connectivity index (χ0n) is 14.5. The SMILES string of the molecule is C=CCOC(=O)C(C#N)c1nc2ccccc2nc1N(CC=C)CC=C. The van der Waals surface area contributed by atoms with E-state index in [2.05, 4.69) is 29.7 Å². The third-order valence-corrected chi connectivity index (χ3v) is 3.56. The smallest absolute Gasteiger partial charge is 0.330 e. The van der Waals surface area contributed by atoms with Gasteiger partial charge in [-0.3, -0.25) is 4.79 Å². The zero-order valence-corrected chi connectivity index (χ0v) is 14.5. The Morgan fingerprint density at radius 1 is 1.15 bits per heavy atom. The van der Waals surface area contributed by atoms with Crippen LogP contribution in [0, 0.1) is 11.3 Å². The van der Waals surface area contributed by atoms with Crippen molar-refractivity contribution in [2.24, 2.45) is 0 Å². The topological polar surface area (TPSA) is 79.1 Å². The number of ether oxygens (including phenoxy) is 1. The molecule has 0 amide bonds. The maximum absolute atomic E-state index is 12.3. The number of hydrogen-bond donors (Lipinski definition) is 0. The second-order valence-electron chi connectivity index (χ2n) is 5.38. The maximum atomic E-state index is 12.3. The summed E-state index contributed by atoms with van der Waals surface area (Å²) in [5.74, 6) is -1.44. The predicted octanol–water partition coefficient (Wildman–Crippen LogP) is 3.14. The molecule has 2 aromatic rings.